The monoisotopic (exact) mass is 399 g/mol. The second-order valence-electron chi connectivity index (χ2n) is 5.87. The van der Waals surface area contributed by atoms with E-state index in [2.05, 4.69) is 0 Å². The highest BCUT2D eigenvalue weighted by Gasteiger charge is 2.37. The van der Waals surface area contributed by atoms with Gasteiger partial charge in [0.15, 0.2) is 0 Å². The maximum absolute atomic E-state index is 13.1. The summed E-state index contributed by atoms with van der Waals surface area (Å²) in [7, 11) is 0. The molecular weight excluding hydrogens is 389 g/mol. The molecule has 0 saturated heterocycles. The first-order chi connectivity index (χ1) is 13.0. The van der Waals surface area contributed by atoms with Gasteiger partial charge in [-0.15, -0.1) is 0 Å². The Kier molecular flexibility index (Phi) is 3.95. The molecule has 4 rings (SSSR count). The van der Waals surface area contributed by atoms with Gasteiger partial charge >= 0.3 is 11.4 Å². The van der Waals surface area contributed by atoms with E-state index < -0.39 is 17.4 Å². The zero-order valence-electron chi connectivity index (χ0n) is 13.6. The molecule has 0 aliphatic carbocycles. The van der Waals surface area contributed by atoms with Crippen LogP contribution in [0.2, 0.25) is 10.0 Å². The number of halogens is 2. The molecule has 7 nitrogen and oxygen atoms in total. The van der Waals surface area contributed by atoms with E-state index in [0.717, 1.165) is 13.9 Å². The molecule has 1 aromatic heterocycles. The van der Waals surface area contributed by atoms with Crippen molar-refractivity contribution in [3.05, 3.63) is 90.7 Å². The van der Waals surface area contributed by atoms with E-state index in [-0.39, 0.29) is 16.4 Å². The van der Waals surface area contributed by atoms with Gasteiger partial charge in [-0.05, 0) is 24.3 Å². The average molecular weight is 400 g/mol. The van der Waals surface area contributed by atoms with Crippen molar-refractivity contribution in [3.8, 4) is 11.8 Å². The molecule has 0 spiro atoms. The fourth-order valence-electron chi connectivity index (χ4n) is 3.21. The molecule has 0 fully saturated rings. The molecule has 0 saturated carbocycles. The number of fused-ring (bicyclic) bond motifs is 1. The van der Waals surface area contributed by atoms with Crippen LogP contribution in [0.1, 0.15) is 11.6 Å². The van der Waals surface area contributed by atoms with E-state index in [1.54, 1.807) is 42.5 Å². The Labute approximate surface area is 162 Å². The first-order valence-corrected chi connectivity index (χ1v) is 8.58. The molecule has 1 unspecified atom stereocenters. The Hall–Kier alpha value is -3.21. The number of hydrogen-bond acceptors (Lipinski definition) is 4. The third-order valence-corrected chi connectivity index (χ3v) is 4.95. The number of nitrogens with two attached hydrogens (primary N) is 1. The summed E-state index contributed by atoms with van der Waals surface area (Å²) in [6.45, 7) is 0. The van der Waals surface area contributed by atoms with Crippen molar-refractivity contribution in [2.75, 3.05) is 0 Å². The molecule has 2 N–H and O–H groups in total. The first kappa shape index (κ1) is 17.2. The third-order valence-electron chi connectivity index (χ3n) is 4.39. The standard InChI is InChI=1S/C18H11Cl2N5O2/c19-10-6-7-12(14(20)8-10)15-13(9-21)16(22)25-18(27)23(17(26)24(15)25)11-4-2-1-3-5-11/h1-8,15H,22H2. The molecule has 2 heterocycles. The summed E-state index contributed by atoms with van der Waals surface area (Å²) in [5.41, 5.74) is 5.66. The third kappa shape index (κ3) is 2.42. The Balaban J connectivity index is 2.06. The van der Waals surface area contributed by atoms with Gasteiger partial charge in [0, 0.05) is 15.6 Å². The lowest BCUT2D eigenvalue weighted by molar-refractivity contribution is 0.554. The minimum atomic E-state index is -0.926. The van der Waals surface area contributed by atoms with Crippen LogP contribution in [-0.2, 0) is 0 Å². The molecule has 0 amide bonds. The molecule has 0 radical (unpaired) electrons. The van der Waals surface area contributed by atoms with E-state index in [0.29, 0.717) is 16.3 Å². The number of allylic oxidation sites excluding steroid dienone is 1. The Morgan fingerprint density at radius 3 is 2.37 bits per heavy atom. The van der Waals surface area contributed by atoms with Crippen LogP contribution < -0.4 is 17.1 Å². The highest BCUT2D eigenvalue weighted by molar-refractivity contribution is 6.35. The van der Waals surface area contributed by atoms with Gasteiger partial charge in [0.2, 0.25) is 0 Å². The second kappa shape index (κ2) is 6.20. The highest BCUT2D eigenvalue weighted by atomic mass is 35.5. The SMILES string of the molecule is N#CC1=C(N)n2c(=O)n(-c3ccccc3)c(=O)n2C1c1ccc(Cl)cc1Cl. The molecule has 0 bridgehead atoms. The Morgan fingerprint density at radius 2 is 1.74 bits per heavy atom. The lowest BCUT2D eigenvalue weighted by Gasteiger charge is -2.14. The lowest BCUT2D eigenvalue weighted by Crippen LogP contribution is -2.30. The van der Waals surface area contributed by atoms with E-state index >= 15 is 0 Å². The van der Waals surface area contributed by atoms with Crippen molar-refractivity contribution in [3.63, 3.8) is 0 Å². The quantitative estimate of drug-likeness (QED) is 0.714. The van der Waals surface area contributed by atoms with Crippen molar-refractivity contribution in [2.45, 2.75) is 6.04 Å². The van der Waals surface area contributed by atoms with Crippen LogP contribution >= 0.6 is 23.2 Å². The second-order valence-corrected chi connectivity index (χ2v) is 6.72. The highest BCUT2D eigenvalue weighted by Crippen LogP contribution is 2.36. The zero-order chi connectivity index (χ0) is 19.3. The van der Waals surface area contributed by atoms with Crippen LogP contribution in [0, 0.1) is 11.3 Å². The number of hydrogen-bond donors (Lipinski definition) is 1. The molecule has 27 heavy (non-hydrogen) atoms. The van der Waals surface area contributed by atoms with Crippen molar-refractivity contribution < 1.29 is 0 Å². The summed E-state index contributed by atoms with van der Waals surface area (Å²) in [6.07, 6.45) is 0. The van der Waals surface area contributed by atoms with Crippen molar-refractivity contribution >= 4 is 29.0 Å². The minimum absolute atomic E-state index is 0.0636. The fourth-order valence-corrected chi connectivity index (χ4v) is 3.72. The number of para-hydroxylation sites is 1. The van der Waals surface area contributed by atoms with Gasteiger partial charge in [-0.1, -0.05) is 47.5 Å². The van der Waals surface area contributed by atoms with Gasteiger partial charge in [0.05, 0.1) is 5.69 Å². The molecule has 134 valence electrons. The lowest BCUT2D eigenvalue weighted by atomic mass is 10.0. The normalized spacial score (nSPS) is 15.7. The number of aromatic nitrogens is 3. The molecule has 1 aliphatic rings. The predicted molar refractivity (Wildman–Crippen MR) is 102 cm³/mol. The average Bonchev–Trinajstić information content (AvgIpc) is 3.08. The van der Waals surface area contributed by atoms with Crippen LogP contribution in [0.15, 0.2) is 63.7 Å². The molecule has 1 aliphatic heterocycles. The van der Waals surface area contributed by atoms with Crippen molar-refractivity contribution in [1.29, 1.82) is 5.26 Å². The van der Waals surface area contributed by atoms with Gasteiger partial charge in [0.25, 0.3) is 0 Å². The van der Waals surface area contributed by atoms with Gasteiger partial charge in [0.1, 0.15) is 23.5 Å². The first-order valence-electron chi connectivity index (χ1n) is 7.82. The van der Waals surface area contributed by atoms with Crippen LogP contribution in [0.5, 0.6) is 0 Å². The maximum atomic E-state index is 13.1. The van der Waals surface area contributed by atoms with Gasteiger partial charge < -0.3 is 5.73 Å². The van der Waals surface area contributed by atoms with E-state index in [4.69, 9.17) is 28.9 Å². The summed E-state index contributed by atoms with van der Waals surface area (Å²) in [4.78, 5) is 26.0. The van der Waals surface area contributed by atoms with Crippen LogP contribution in [-0.4, -0.2) is 13.9 Å². The number of benzene rings is 2. The van der Waals surface area contributed by atoms with E-state index in [9.17, 15) is 14.9 Å². The van der Waals surface area contributed by atoms with Gasteiger partial charge in [-0.3, -0.25) is 0 Å². The molecule has 1 atom stereocenters. The van der Waals surface area contributed by atoms with Crippen LogP contribution in [0.4, 0.5) is 0 Å². The predicted octanol–water partition coefficient (Wildman–Crippen LogP) is 2.36. The molecule has 2 aromatic carbocycles. The number of rotatable bonds is 2. The van der Waals surface area contributed by atoms with Crippen LogP contribution in [0.25, 0.3) is 11.5 Å². The zero-order valence-corrected chi connectivity index (χ0v) is 15.1. The van der Waals surface area contributed by atoms with E-state index in [1.807, 2.05) is 6.07 Å². The van der Waals surface area contributed by atoms with E-state index in [1.165, 1.54) is 6.07 Å². The number of nitriles is 1. The van der Waals surface area contributed by atoms with Gasteiger partial charge in [-0.2, -0.15) is 9.94 Å². The summed E-state index contributed by atoms with van der Waals surface area (Å²) >= 11 is 12.2. The van der Waals surface area contributed by atoms with Crippen LogP contribution in [0.3, 0.4) is 0 Å². The summed E-state index contributed by atoms with van der Waals surface area (Å²) < 4.78 is 3.14. The fraction of sp³-hybridized carbons (Fsp3) is 0.0556. The molecule has 3 aromatic rings. The summed E-state index contributed by atoms with van der Waals surface area (Å²) in [5.74, 6) is -0.106. The molecule has 9 heteroatoms. The maximum Gasteiger partial charge on any atom is 0.358 e. The Morgan fingerprint density at radius 1 is 1.04 bits per heavy atom. The van der Waals surface area contributed by atoms with Gasteiger partial charge in [-0.25, -0.2) is 18.8 Å². The number of nitrogens with zero attached hydrogens (tertiary/aromatic N) is 4. The molecular formula is C18H11Cl2N5O2. The topological polar surface area (TPSA) is 98.7 Å². The minimum Gasteiger partial charge on any atom is -0.383 e. The smallest absolute Gasteiger partial charge is 0.358 e. The van der Waals surface area contributed by atoms with Crippen molar-refractivity contribution in [1.82, 2.24) is 13.9 Å². The summed E-state index contributed by atoms with van der Waals surface area (Å²) in [5, 5.41) is 10.2. The van der Waals surface area contributed by atoms with Crippen molar-refractivity contribution in [2.24, 2.45) is 5.73 Å². The largest absolute Gasteiger partial charge is 0.383 e. The Bertz CT molecular complexity index is 1260. The summed E-state index contributed by atoms with van der Waals surface area (Å²) in [6, 6.07) is 14.2.